The average molecular weight is 932 g/mol. The lowest BCUT2D eigenvalue weighted by Crippen LogP contribution is -2.29. The Kier molecular flexibility index (Phi) is 8.16. The maximum atomic E-state index is 6.71. The van der Waals surface area contributed by atoms with Gasteiger partial charge in [0.15, 0.2) is 0 Å². The van der Waals surface area contributed by atoms with Crippen LogP contribution in [0.3, 0.4) is 0 Å². The van der Waals surface area contributed by atoms with Crippen molar-refractivity contribution in [3.05, 3.63) is 270 Å². The van der Waals surface area contributed by atoms with Crippen LogP contribution < -0.4 is 9.64 Å². The van der Waals surface area contributed by atoms with E-state index in [2.05, 4.69) is 255 Å². The van der Waals surface area contributed by atoms with Gasteiger partial charge >= 0.3 is 0 Å². The summed E-state index contributed by atoms with van der Waals surface area (Å²) in [6.07, 6.45) is 0. The summed E-state index contributed by atoms with van der Waals surface area (Å²) in [5.74, 6) is 1.70. The number of para-hydroxylation sites is 3. The molecule has 3 aliphatic carbocycles. The van der Waals surface area contributed by atoms with Gasteiger partial charge in [-0.3, -0.25) is 0 Å². The first kappa shape index (κ1) is 40.5. The number of nitrogens with zero attached hydrogens (tertiary/aromatic N) is 1. The third-order valence-electron chi connectivity index (χ3n) is 16.7. The molecule has 0 saturated heterocycles. The zero-order valence-electron chi connectivity index (χ0n) is 40.3. The molecule has 16 rings (SSSR count). The molecular formula is C70H45NO2. The van der Waals surface area contributed by atoms with E-state index in [1.807, 2.05) is 0 Å². The first-order chi connectivity index (χ1) is 35.9. The van der Waals surface area contributed by atoms with E-state index in [-0.39, 0.29) is 5.41 Å². The molecule has 4 aliphatic rings. The van der Waals surface area contributed by atoms with Crippen molar-refractivity contribution in [2.75, 3.05) is 4.90 Å². The first-order valence-electron chi connectivity index (χ1n) is 25.4. The van der Waals surface area contributed by atoms with Crippen LogP contribution in [0.25, 0.3) is 88.7 Å². The summed E-state index contributed by atoms with van der Waals surface area (Å²) in [6.45, 7) is 4.74. The minimum atomic E-state index is -0.669. The Labute approximate surface area is 423 Å². The molecule has 11 aromatic carbocycles. The van der Waals surface area contributed by atoms with Crippen LogP contribution in [-0.4, -0.2) is 0 Å². The van der Waals surface area contributed by atoms with Crippen LogP contribution in [0.2, 0.25) is 0 Å². The fourth-order valence-corrected chi connectivity index (χ4v) is 13.5. The normalized spacial score (nSPS) is 15.5. The molecule has 0 amide bonds. The number of hydrogen-bond acceptors (Lipinski definition) is 3. The van der Waals surface area contributed by atoms with Crippen molar-refractivity contribution in [3.63, 3.8) is 0 Å². The summed E-state index contributed by atoms with van der Waals surface area (Å²) in [7, 11) is 0. The Morgan fingerprint density at radius 2 is 0.740 bits per heavy atom. The molecular weight excluding hydrogens is 887 g/mol. The molecule has 1 atom stereocenters. The predicted molar refractivity (Wildman–Crippen MR) is 299 cm³/mol. The zero-order valence-corrected chi connectivity index (χ0v) is 40.3. The van der Waals surface area contributed by atoms with Crippen molar-refractivity contribution >= 4 is 39.0 Å². The molecule has 73 heavy (non-hydrogen) atoms. The highest BCUT2D eigenvalue weighted by Gasteiger charge is 2.50. The van der Waals surface area contributed by atoms with Crippen LogP contribution in [0.4, 0.5) is 17.1 Å². The molecule has 1 aliphatic heterocycles. The van der Waals surface area contributed by atoms with E-state index in [4.69, 9.17) is 9.15 Å². The number of furan rings is 1. The molecule has 1 spiro atoms. The fraction of sp³-hybridized carbons (Fsp3) is 0.0571. The number of hydrogen-bond donors (Lipinski definition) is 0. The highest BCUT2D eigenvalue weighted by atomic mass is 16.5. The maximum Gasteiger partial charge on any atom is 0.136 e. The number of fused-ring (bicyclic) bond motifs is 23. The summed E-state index contributed by atoms with van der Waals surface area (Å²) in [5.41, 5.74) is 26.3. The summed E-state index contributed by atoms with van der Waals surface area (Å²) in [5, 5.41) is 2.26. The lowest BCUT2D eigenvalue weighted by atomic mass is 9.65. The van der Waals surface area contributed by atoms with Crippen molar-refractivity contribution in [2.24, 2.45) is 0 Å². The van der Waals surface area contributed by atoms with Crippen LogP contribution in [0, 0.1) is 0 Å². The second-order valence-corrected chi connectivity index (χ2v) is 20.7. The molecule has 0 N–H and O–H groups in total. The van der Waals surface area contributed by atoms with E-state index in [1.165, 1.54) is 77.9 Å². The van der Waals surface area contributed by atoms with Gasteiger partial charge in [-0.1, -0.05) is 184 Å². The van der Waals surface area contributed by atoms with Gasteiger partial charge in [0.1, 0.15) is 22.7 Å². The minimum Gasteiger partial charge on any atom is -0.456 e. The van der Waals surface area contributed by atoms with Gasteiger partial charge in [-0.15, -0.1) is 0 Å². The molecule has 0 fully saturated rings. The van der Waals surface area contributed by atoms with Crippen molar-refractivity contribution in [1.82, 2.24) is 0 Å². The smallest absolute Gasteiger partial charge is 0.136 e. The Morgan fingerprint density at radius 3 is 1.45 bits per heavy atom. The van der Waals surface area contributed by atoms with Crippen molar-refractivity contribution in [2.45, 2.75) is 24.7 Å². The molecule has 342 valence electrons. The van der Waals surface area contributed by atoms with Crippen LogP contribution in [0.1, 0.15) is 47.2 Å². The van der Waals surface area contributed by atoms with E-state index in [9.17, 15) is 0 Å². The minimum absolute atomic E-state index is 0.193. The van der Waals surface area contributed by atoms with Crippen molar-refractivity contribution in [3.8, 4) is 78.3 Å². The Morgan fingerprint density at radius 1 is 0.288 bits per heavy atom. The van der Waals surface area contributed by atoms with Gasteiger partial charge in [0.2, 0.25) is 0 Å². The topological polar surface area (TPSA) is 25.6 Å². The molecule has 1 aromatic heterocycles. The molecule has 0 saturated carbocycles. The molecule has 12 aromatic rings. The van der Waals surface area contributed by atoms with Crippen LogP contribution in [0.15, 0.2) is 241 Å². The van der Waals surface area contributed by atoms with E-state index >= 15 is 0 Å². The molecule has 3 nitrogen and oxygen atoms in total. The number of anilines is 3. The van der Waals surface area contributed by atoms with E-state index in [1.54, 1.807) is 0 Å². The largest absolute Gasteiger partial charge is 0.456 e. The van der Waals surface area contributed by atoms with Gasteiger partial charge in [0.05, 0.1) is 5.41 Å². The first-order valence-corrected chi connectivity index (χ1v) is 25.4. The highest BCUT2D eigenvalue weighted by Crippen LogP contribution is 2.63. The van der Waals surface area contributed by atoms with Crippen LogP contribution in [0.5, 0.6) is 11.5 Å². The van der Waals surface area contributed by atoms with Crippen molar-refractivity contribution in [1.29, 1.82) is 0 Å². The lowest BCUT2D eigenvalue weighted by Gasteiger charge is -2.36. The molecule has 1 unspecified atom stereocenters. The van der Waals surface area contributed by atoms with Crippen molar-refractivity contribution < 1.29 is 9.15 Å². The number of benzene rings is 11. The third kappa shape index (κ3) is 5.43. The summed E-state index contributed by atoms with van der Waals surface area (Å²) in [4.78, 5) is 2.49. The number of rotatable bonds is 3. The van der Waals surface area contributed by atoms with Crippen LogP contribution in [-0.2, 0) is 10.8 Å². The van der Waals surface area contributed by atoms with Gasteiger partial charge in [0, 0.05) is 44.4 Å². The molecule has 0 bridgehead atoms. The summed E-state index contributed by atoms with van der Waals surface area (Å²) >= 11 is 0. The van der Waals surface area contributed by atoms with Gasteiger partial charge in [-0.2, -0.15) is 0 Å². The Hall–Kier alpha value is -9.18. The van der Waals surface area contributed by atoms with Gasteiger partial charge in [0.25, 0.3) is 0 Å². The quantitative estimate of drug-likeness (QED) is 0.177. The summed E-state index contributed by atoms with van der Waals surface area (Å²) < 4.78 is 13.3. The molecule has 2 heterocycles. The summed E-state index contributed by atoms with van der Waals surface area (Å²) in [6, 6.07) is 87.7. The SMILES string of the molecule is CC1(C)c2ccccc2-c2ccc(N(c3ccc4c(c3)-c3ccccc3Oc3ccccc3-4)c3ccc4c(c3)-c3ccccc3-c3ccccc3C43c4ccccc4-c4cc5oc6ccccc6c5cc43)cc21. The second-order valence-electron chi connectivity index (χ2n) is 20.7. The predicted octanol–water partition coefficient (Wildman–Crippen LogP) is 18.8. The van der Waals surface area contributed by atoms with E-state index < -0.39 is 5.41 Å². The highest BCUT2D eigenvalue weighted by molar-refractivity contribution is 6.09. The van der Waals surface area contributed by atoms with E-state index in [0.29, 0.717) is 0 Å². The van der Waals surface area contributed by atoms with Gasteiger partial charge in [-0.05, 0) is 156 Å². The third-order valence-corrected chi connectivity index (χ3v) is 16.7. The lowest BCUT2D eigenvalue weighted by molar-refractivity contribution is 0.488. The second kappa shape index (κ2) is 14.7. The molecule has 0 radical (unpaired) electrons. The van der Waals surface area contributed by atoms with E-state index in [0.717, 1.165) is 72.8 Å². The zero-order chi connectivity index (χ0) is 48.2. The molecule has 3 heteroatoms. The average Bonchev–Trinajstić information content (AvgIpc) is 3.96. The van der Waals surface area contributed by atoms with Crippen LogP contribution >= 0.6 is 0 Å². The Balaban J connectivity index is 0.994. The maximum absolute atomic E-state index is 6.71. The Bertz CT molecular complexity index is 4360. The van der Waals surface area contributed by atoms with Gasteiger partial charge in [-0.25, -0.2) is 0 Å². The monoisotopic (exact) mass is 931 g/mol. The fourth-order valence-electron chi connectivity index (χ4n) is 13.5. The standard InChI is InChI=1S/C70H45NO2/c1-69(2)59-25-11-5-20-49(59)51-35-32-44(39-63(51)69)71(42-31-34-47-52-22-8-14-28-65(52)72-66-29-15-9-23-53(66)55(47)37-42)43-33-36-62-56(38-43)46-18-4-3-17-45(46)48-19-6-12-26-60(48)70(62)61-27-13-7-21-50(61)57-41-68-58(40-64(57)70)54-24-10-16-30-67(54)73-68/h3-41H,1-2H3. The number of ether oxygens (including phenoxy) is 1. The van der Waals surface area contributed by atoms with Gasteiger partial charge < -0.3 is 14.1 Å².